The van der Waals surface area contributed by atoms with Crippen LogP contribution >= 0.6 is 23.1 Å². The van der Waals surface area contributed by atoms with Crippen molar-refractivity contribution in [1.82, 2.24) is 19.7 Å². The van der Waals surface area contributed by atoms with E-state index >= 15 is 0 Å². The molecule has 0 N–H and O–H groups in total. The molecule has 0 saturated carbocycles. The molecule has 5 rings (SSSR count). The molecule has 4 aromatic rings. The molecular weight excluding hydrogens is 372 g/mol. The van der Waals surface area contributed by atoms with Gasteiger partial charge in [0.05, 0.1) is 17.4 Å². The molecule has 0 aromatic carbocycles. The molecule has 0 aliphatic heterocycles. The van der Waals surface area contributed by atoms with Crippen molar-refractivity contribution in [2.45, 2.75) is 30.2 Å². The van der Waals surface area contributed by atoms with Gasteiger partial charge in [0.15, 0.2) is 10.9 Å². The zero-order chi connectivity index (χ0) is 17.7. The van der Waals surface area contributed by atoms with Gasteiger partial charge in [-0.25, -0.2) is 4.98 Å². The Kier molecular flexibility index (Phi) is 3.71. The first kappa shape index (κ1) is 15.8. The van der Waals surface area contributed by atoms with E-state index in [1.54, 1.807) is 41.3 Å². The van der Waals surface area contributed by atoms with Gasteiger partial charge in [0.2, 0.25) is 11.7 Å². The number of fused-ring (bicyclic) bond motifs is 3. The zero-order valence-electron chi connectivity index (χ0n) is 13.9. The van der Waals surface area contributed by atoms with Crippen LogP contribution in [0.2, 0.25) is 0 Å². The van der Waals surface area contributed by atoms with E-state index in [1.807, 2.05) is 0 Å². The SMILES string of the molecule is Cn1c(SCc2nc(-c3ccco3)no2)nc2sc3c(c2c1=O)CCC3. The normalized spacial score (nSPS) is 13.6. The lowest BCUT2D eigenvalue weighted by atomic mass is 10.2. The van der Waals surface area contributed by atoms with Gasteiger partial charge in [-0.05, 0) is 37.0 Å². The molecule has 0 bridgehead atoms. The van der Waals surface area contributed by atoms with Crippen LogP contribution in [0.5, 0.6) is 0 Å². The monoisotopic (exact) mass is 386 g/mol. The van der Waals surface area contributed by atoms with E-state index in [9.17, 15) is 4.79 Å². The Morgan fingerprint density at radius 1 is 1.35 bits per heavy atom. The van der Waals surface area contributed by atoms with Gasteiger partial charge in [-0.2, -0.15) is 4.98 Å². The smallest absolute Gasteiger partial charge is 0.262 e. The van der Waals surface area contributed by atoms with E-state index in [2.05, 4.69) is 10.1 Å². The average molecular weight is 386 g/mol. The fraction of sp³-hybridized carbons (Fsp3) is 0.294. The van der Waals surface area contributed by atoms with Crippen LogP contribution in [0.25, 0.3) is 21.8 Å². The molecule has 0 radical (unpaired) electrons. The van der Waals surface area contributed by atoms with Crippen LogP contribution < -0.4 is 5.56 Å². The van der Waals surface area contributed by atoms with Gasteiger partial charge in [0, 0.05) is 11.9 Å². The number of thiophene rings is 1. The first-order valence-corrected chi connectivity index (χ1v) is 10.0. The van der Waals surface area contributed by atoms with Gasteiger partial charge in [-0.1, -0.05) is 16.9 Å². The van der Waals surface area contributed by atoms with Crippen molar-refractivity contribution in [1.29, 1.82) is 0 Å². The second-order valence-corrected chi connectivity index (χ2v) is 8.10. The number of nitrogens with zero attached hydrogens (tertiary/aromatic N) is 4. The Balaban J connectivity index is 1.43. The Hall–Kier alpha value is -2.39. The molecule has 132 valence electrons. The number of furan rings is 1. The average Bonchev–Trinajstić information content (AvgIpc) is 3.40. The minimum atomic E-state index is 0.0266. The Bertz CT molecular complexity index is 1160. The topological polar surface area (TPSA) is 86.9 Å². The van der Waals surface area contributed by atoms with Crippen LogP contribution in [0.4, 0.5) is 0 Å². The molecule has 26 heavy (non-hydrogen) atoms. The highest BCUT2D eigenvalue weighted by Crippen LogP contribution is 2.35. The molecule has 0 atom stereocenters. The molecule has 4 heterocycles. The number of aromatic nitrogens is 4. The molecule has 9 heteroatoms. The molecule has 0 saturated heterocycles. The Morgan fingerprint density at radius 3 is 3.12 bits per heavy atom. The van der Waals surface area contributed by atoms with Crippen LogP contribution in [0.1, 0.15) is 22.8 Å². The fourth-order valence-electron chi connectivity index (χ4n) is 3.18. The van der Waals surface area contributed by atoms with Gasteiger partial charge in [-0.15, -0.1) is 11.3 Å². The molecule has 1 aliphatic rings. The van der Waals surface area contributed by atoms with Crippen molar-refractivity contribution in [3.63, 3.8) is 0 Å². The summed E-state index contributed by atoms with van der Waals surface area (Å²) in [7, 11) is 1.76. The molecule has 7 nitrogen and oxygen atoms in total. The van der Waals surface area contributed by atoms with Crippen molar-refractivity contribution >= 4 is 33.3 Å². The Labute approximate surface area is 156 Å². The first-order valence-electron chi connectivity index (χ1n) is 8.21. The number of thioether (sulfide) groups is 1. The van der Waals surface area contributed by atoms with Crippen LogP contribution in [0.15, 0.2) is 37.3 Å². The summed E-state index contributed by atoms with van der Waals surface area (Å²) < 4.78 is 12.1. The van der Waals surface area contributed by atoms with E-state index in [1.165, 1.54) is 22.2 Å². The van der Waals surface area contributed by atoms with E-state index in [0.29, 0.717) is 28.4 Å². The predicted octanol–water partition coefficient (Wildman–Crippen LogP) is 3.42. The fourth-order valence-corrected chi connectivity index (χ4v) is 5.29. The van der Waals surface area contributed by atoms with Gasteiger partial charge in [0.1, 0.15) is 4.83 Å². The summed E-state index contributed by atoms with van der Waals surface area (Å²) in [6.45, 7) is 0. The minimum Gasteiger partial charge on any atom is -0.461 e. The van der Waals surface area contributed by atoms with Gasteiger partial charge >= 0.3 is 0 Å². The zero-order valence-corrected chi connectivity index (χ0v) is 15.5. The molecule has 0 unspecified atom stereocenters. The van der Waals surface area contributed by atoms with Crippen LogP contribution in [-0.2, 0) is 25.6 Å². The molecule has 0 amide bonds. The van der Waals surface area contributed by atoms with Crippen molar-refractivity contribution in [2.75, 3.05) is 0 Å². The van der Waals surface area contributed by atoms with Crippen LogP contribution in [-0.4, -0.2) is 19.7 Å². The largest absolute Gasteiger partial charge is 0.461 e. The van der Waals surface area contributed by atoms with E-state index in [0.717, 1.165) is 29.5 Å². The van der Waals surface area contributed by atoms with Gasteiger partial charge < -0.3 is 8.94 Å². The lowest BCUT2D eigenvalue weighted by molar-refractivity contribution is 0.390. The summed E-state index contributed by atoms with van der Waals surface area (Å²) >= 11 is 3.06. The lowest BCUT2D eigenvalue weighted by Crippen LogP contribution is -2.20. The van der Waals surface area contributed by atoms with E-state index in [4.69, 9.17) is 13.9 Å². The quantitative estimate of drug-likeness (QED) is 0.392. The Morgan fingerprint density at radius 2 is 2.27 bits per heavy atom. The standard InChI is InChI=1S/C17H14N4O3S2/c1-21-16(22)13-9-4-2-6-11(9)26-15(13)19-17(21)25-8-12-18-14(20-24-12)10-5-3-7-23-10/h3,5,7H,2,4,6,8H2,1H3. The van der Waals surface area contributed by atoms with Crippen LogP contribution in [0.3, 0.4) is 0 Å². The summed E-state index contributed by atoms with van der Waals surface area (Å²) in [5.41, 5.74) is 1.23. The highest BCUT2D eigenvalue weighted by Gasteiger charge is 2.22. The van der Waals surface area contributed by atoms with Gasteiger partial charge in [0.25, 0.3) is 5.56 Å². The highest BCUT2D eigenvalue weighted by molar-refractivity contribution is 7.98. The number of hydrogen-bond acceptors (Lipinski definition) is 8. The summed E-state index contributed by atoms with van der Waals surface area (Å²) in [6, 6.07) is 3.55. The summed E-state index contributed by atoms with van der Waals surface area (Å²) in [6.07, 6.45) is 4.73. The first-order chi connectivity index (χ1) is 12.7. The maximum Gasteiger partial charge on any atom is 0.262 e. The van der Waals surface area contributed by atoms with Crippen molar-refractivity contribution in [3.05, 3.63) is 45.1 Å². The second kappa shape index (κ2) is 6.10. The molecular formula is C17H14N4O3S2. The molecule has 1 aliphatic carbocycles. The summed E-state index contributed by atoms with van der Waals surface area (Å²) in [4.78, 5) is 24.0. The molecule has 0 spiro atoms. The third kappa shape index (κ3) is 2.50. The summed E-state index contributed by atoms with van der Waals surface area (Å²) in [5, 5.41) is 5.37. The number of rotatable bonds is 4. The third-order valence-corrected chi connectivity index (χ3v) is 6.64. The number of aryl methyl sites for hydroxylation is 2. The van der Waals surface area contributed by atoms with Crippen LogP contribution in [0, 0.1) is 0 Å². The van der Waals surface area contributed by atoms with E-state index < -0.39 is 0 Å². The molecule has 0 fully saturated rings. The summed E-state index contributed by atoms with van der Waals surface area (Å²) in [5.74, 6) is 1.87. The highest BCUT2D eigenvalue weighted by atomic mass is 32.2. The second-order valence-electron chi connectivity index (χ2n) is 6.07. The number of hydrogen-bond donors (Lipinski definition) is 0. The minimum absolute atomic E-state index is 0.0266. The van der Waals surface area contributed by atoms with Gasteiger partial charge in [-0.3, -0.25) is 9.36 Å². The van der Waals surface area contributed by atoms with Crippen molar-refractivity contribution in [3.8, 4) is 11.6 Å². The van der Waals surface area contributed by atoms with E-state index in [-0.39, 0.29) is 5.56 Å². The maximum absolute atomic E-state index is 12.8. The molecule has 4 aromatic heterocycles. The van der Waals surface area contributed by atoms with Crippen molar-refractivity contribution < 1.29 is 8.94 Å². The predicted molar refractivity (Wildman–Crippen MR) is 98.4 cm³/mol. The lowest BCUT2D eigenvalue weighted by Gasteiger charge is -2.06. The van der Waals surface area contributed by atoms with Crippen molar-refractivity contribution in [2.24, 2.45) is 7.05 Å². The third-order valence-electron chi connectivity index (χ3n) is 4.44. The maximum atomic E-state index is 12.8.